The molecule has 4 nitrogen and oxygen atoms in total. The van der Waals surface area contributed by atoms with E-state index in [0.717, 1.165) is 5.56 Å². The lowest BCUT2D eigenvalue weighted by molar-refractivity contribution is 0.181. The molecule has 0 fully saturated rings. The van der Waals surface area contributed by atoms with Crippen molar-refractivity contribution in [3.8, 4) is 0 Å². The van der Waals surface area contributed by atoms with E-state index in [2.05, 4.69) is 4.72 Å². The molecule has 0 aliphatic rings. The minimum Gasteiger partial charge on any atom is -0.387 e. The van der Waals surface area contributed by atoms with Gasteiger partial charge in [0.1, 0.15) is 0 Å². The van der Waals surface area contributed by atoms with Gasteiger partial charge >= 0.3 is 0 Å². The van der Waals surface area contributed by atoms with Gasteiger partial charge in [-0.15, -0.1) is 0 Å². The van der Waals surface area contributed by atoms with Crippen molar-refractivity contribution in [2.75, 3.05) is 6.54 Å². The zero-order valence-electron chi connectivity index (χ0n) is 12.2. The molecule has 0 spiro atoms. The Balaban J connectivity index is 2.01. The van der Waals surface area contributed by atoms with E-state index in [1.54, 1.807) is 30.3 Å². The van der Waals surface area contributed by atoms with Crippen molar-refractivity contribution in [3.63, 3.8) is 0 Å². The van der Waals surface area contributed by atoms with Crippen LogP contribution in [0.3, 0.4) is 0 Å². The van der Waals surface area contributed by atoms with Crippen LogP contribution in [0.4, 0.5) is 0 Å². The fourth-order valence-corrected chi connectivity index (χ4v) is 3.60. The normalized spacial score (nSPS) is 13.0. The maximum absolute atomic E-state index is 12.1. The summed E-state index contributed by atoms with van der Waals surface area (Å²) < 4.78 is 26.6. The molecule has 0 heterocycles. The number of halogens is 1. The molecule has 1 unspecified atom stereocenters. The molecule has 0 aliphatic heterocycles. The van der Waals surface area contributed by atoms with Crippen LogP contribution in [0.25, 0.3) is 0 Å². The molecular formula is C16H18ClNO3S. The molecule has 2 N–H and O–H groups in total. The van der Waals surface area contributed by atoms with Crippen LogP contribution in [0.5, 0.6) is 0 Å². The van der Waals surface area contributed by atoms with Crippen LogP contribution in [-0.4, -0.2) is 20.1 Å². The number of hydrogen-bond acceptors (Lipinski definition) is 3. The fraction of sp³-hybridized carbons (Fsp3) is 0.250. The summed E-state index contributed by atoms with van der Waals surface area (Å²) in [6.07, 6.45) is -0.887. The van der Waals surface area contributed by atoms with Crippen LogP contribution in [0.2, 0.25) is 5.02 Å². The van der Waals surface area contributed by atoms with Gasteiger partial charge in [0.05, 0.1) is 11.9 Å². The zero-order chi connectivity index (χ0) is 16.2. The maximum Gasteiger partial charge on any atom is 0.215 e. The van der Waals surface area contributed by atoms with Crippen LogP contribution in [-0.2, 0) is 15.8 Å². The van der Waals surface area contributed by atoms with Gasteiger partial charge in [-0.05, 0) is 29.7 Å². The summed E-state index contributed by atoms with van der Waals surface area (Å²) in [7, 11) is -3.57. The monoisotopic (exact) mass is 339 g/mol. The summed E-state index contributed by atoms with van der Waals surface area (Å²) in [6, 6.07) is 14.1. The SMILES string of the molecule is Cc1ccccc1C(O)CNS(=O)(=O)Cc1ccccc1Cl. The number of hydrogen-bond donors (Lipinski definition) is 2. The van der Waals surface area contributed by atoms with E-state index in [1.165, 1.54) is 0 Å². The molecule has 22 heavy (non-hydrogen) atoms. The third-order valence-electron chi connectivity index (χ3n) is 3.35. The van der Waals surface area contributed by atoms with Gasteiger partial charge in [0.25, 0.3) is 0 Å². The zero-order valence-corrected chi connectivity index (χ0v) is 13.7. The summed E-state index contributed by atoms with van der Waals surface area (Å²) in [6.45, 7) is 1.80. The van der Waals surface area contributed by atoms with E-state index in [9.17, 15) is 13.5 Å². The first-order valence-corrected chi connectivity index (χ1v) is 8.86. The van der Waals surface area contributed by atoms with Crippen molar-refractivity contribution in [1.29, 1.82) is 0 Å². The largest absolute Gasteiger partial charge is 0.387 e. The molecule has 0 aromatic heterocycles. The number of nitrogens with one attached hydrogen (secondary N) is 1. The summed E-state index contributed by atoms with van der Waals surface area (Å²) >= 11 is 5.97. The molecule has 2 rings (SSSR count). The fourth-order valence-electron chi connectivity index (χ4n) is 2.15. The standard InChI is InChI=1S/C16H18ClNO3S/c1-12-6-2-4-8-14(12)16(19)10-18-22(20,21)11-13-7-3-5-9-15(13)17/h2-9,16,18-19H,10-11H2,1H3. The van der Waals surface area contributed by atoms with Gasteiger partial charge in [0.2, 0.25) is 10.0 Å². The second kappa shape index (κ2) is 7.24. The first kappa shape index (κ1) is 17.0. The maximum atomic E-state index is 12.1. The average molecular weight is 340 g/mol. The Hall–Kier alpha value is -1.40. The second-order valence-corrected chi connectivity index (χ2v) is 7.29. The average Bonchev–Trinajstić information content (AvgIpc) is 2.48. The lowest BCUT2D eigenvalue weighted by Crippen LogP contribution is -2.30. The third-order valence-corrected chi connectivity index (χ3v) is 5.01. The van der Waals surface area contributed by atoms with Crippen molar-refractivity contribution in [1.82, 2.24) is 4.72 Å². The van der Waals surface area contributed by atoms with Crippen molar-refractivity contribution >= 4 is 21.6 Å². The molecule has 0 saturated carbocycles. The Labute approximate surface area is 135 Å². The molecular weight excluding hydrogens is 322 g/mol. The molecule has 0 radical (unpaired) electrons. The van der Waals surface area contributed by atoms with Crippen LogP contribution >= 0.6 is 11.6 Å². The summed E-state index contributed by atoms with van der Waals surface area (Å²) in [5, 5.41) is 10.5. The minimum atomic E-state index is -3.57. The predicted molar refractivity (Wildman–Crippen MR) is 88.2 cm³/mol. The highest BCUT2D eigenvalue weighted by molar-refractivity contribution is 7.88. The molecule has 2 aromatic carbocycles. The van der Waals surface area contributed by atoms with Crippen molar-refractivity contribution in [2.45, 2.75) is 18.8 Å². The van der Waals surface area contributed by atoms with E-state index < -0.39 is 16.1 Å². The predicted octanol–water partition coefficient (Wildman–Crippen LogP) is 2.80. The van der Waals surface area contributed by atoms with Gasteiger partial charge in [-0.2, -0.15) is 0 Å². The molecule has 2 aromatic rings. The topological polar surface area (TPSA) is 66.4 Å². The van der Waals surface area contributed by atoms with Crippen LogP contribution in [0.1, 0.15) is 22.8 Å². The highest BCUT2D eigenvalue weighted by Gasteiger charge is 2.17. The summed E-state index contributed by atoms with van der Waals surface area (Å²) in [5.41, 5.74) is 2.16. The highest BCUT2D eigenvalue weighted by atomic mass is 35.5. The Bertz CT molecular complexity index is 747. The lowest BCUT2D eigenvalue weighted by atomic mass is 10.0. The van der Waals surface area contributed by atoms with Gasteiger partial charge in [0.15, 0.2) is 0 Å². The van der Waals surface area contributed by atoms with Crippen LogP contribution < -0.4 is 4.72 Å². The highest BCUT2D eigenvalue weighted by Crippen LogP contribution is 2.19. The molecule has 118 valence electrons. The van der Waals surface area contributed by atoms with E-state index in [-0.39, 0.29) is 12.3 Å². The van der Waals surface area contributed by atoms with Gasteiger partial charge < -0.3 is 5.11 Å². The molecule has 6 heteroatoms. The first-order valence-electron chi connectivity index (χ1n) is 6.83. The smallest absolute Gasteiger partial charge is 0.215 e. The molecule has 0 aliphatic carbocycles. The van der Waals surface area contributed by atoms with Crippen LogP contribution in [0.15, 0.2) is 48.5 Å². The summed E-state index contributed by atoms with van der Waals surface area (Å²) in [5.74, 6) is -0.215. The third kappa shape index (κ3) is 4.55. The molecule has 1 atom stereocenters. The number of aliphatic hydroxyl groups excluding tert-OH is 1. The Morgan fingerprint density at radius 3 is 2.45 bits per heavy atom. The van der Waals surface area contributed by atoms with E-state index >= 15 is 0 Å². The Kier molecular flexibility index (Phi) is 5.58. The van der Waals surface area contributed by atoms with Crippen molar-refractivity contribution < 1.29 is 13.5 Å². The number of aliphatic hydroxyl groups is 1. The van der Waals surface area contributed by atoms with Crippen LogP contribution in [0, 0.1) is 6.92 Å². The van der Waals surface area contributed by atoms with E-state index in [4.69, 9.17) is 11.6 Å². The molecule has 0 saturated heterocycles. The quantitative estimate of drug-likeness (QED) is 0.850. The van der Waals surface area contributed by atoms with E-state index in [1.807, 2.05) is 25.1 Å². The first-order chi connectivity index (χ1) is 10.4. The van der Waals surface area contributed by atoms with Gasteiger partial charge in [-0.3, -0.25) is 0 Å². The summed E-state index contributed by atoms with van der Waals surface area (Å²) in [4.78, 5) is 0. The number of sulfonamides is 1. The van der Waals surface area contributed by atoms with Gasteiger partial charge in [-0.1, -0.05) is 54.1 Å². The number of benzene rings is 2. The lowest BCUT2D eigenvalue weighted by Gasteiger charge is -2.15. The number of rotatable bonds is 6. The van der Waals surface area contributed by atoms with Crippen molar-refractivity contribution in [2.24, 2.45) is 0 Å². The van der Waals surface area contributed by atoms with Gasteiger partial charge in [0, 0.05) is 11.6 Å². The molecule has 0 amide bonds. The van der Waals surface area contributed by atoms with E-state index in [0.29, 0.717) is 16.1 Å². The van der Waals surface area contributed by atoms with Gasteiger partial charge in [-0.25, -0.2) is 13.1 Å². The molecule has 0 bridgehead atoms. The Morgan fingerprint density at radius 1 is 1.14 bits per heavy atom. The second-order valence-electron chi connectivity index (χ2n) is 5.07. The van der Waals surface area contributed by atoms with Crippen molar-refractivity contribution in [3.05, 3.63) is 70.2 Å². The number of aryl methyl sites for hydroxylation is 1. The Morgan fingerprint density at radius 2 is 1.77 bits per heavy atom. The minimum absolute atomic E-state index is 0.0718.